The lowest BCUT2D eigenvalue weighted by molar-refractivity contribution is 1.27. The molecule has 14 heavy (non-hydrogen) atoms. The zero-order chi connectivity index (χ0) is 9.97. The predicted molar refractivity (Wildman–Crippen MR) is 65.6 cm³/mol. The van der Waals surface area contributed by atoms with Crippen LogP contribution in [0.15, 0.2) is 35.7 Å². The summed E-state index contributed by atoms with van der Waals surface area (Å²) in [5.41, 5.74) is 0. The summed E-state index contributed by atoms with van der Waals surface area (Å²) in [6, 6.07) is 8.35. The Hall–Kier alpha value is -0.660. The lowest BCUT2D eigenvalue weighted by atomic mass is 10.2. The van der Waals surface area contributed by atoms with Crippen LogP contribution in [0.1, 0.15) is 6.92 Å². The van der Waals surface area contributed by atoms with Gasteiger partial charge in [0, 0.05) is 4.91 Å². The van der Waals surface area contributed by atoms with E-state index in [2.05, 4.69) is 41.8 Å². The molecule has 2 heteroatoms. The smallest absolute Gasteiger partial charge is 0.0625 e. The zero-order valence-electron chi connectivity index (χ0n) is 7.91. The van der Waals surface area contributed by atoms with Crippen LogP contribution in [-0.2, 0) is 0 Å². The van der Waals surface area contributed by atoms with Crippen LogP contribution >= 0.6 is 23.4 Å². The molecular formula is C12H11ClS. The van der Waals surface area contributed by atoms with Gasteiger partial charge in [-0.2, -0.15) is 0 Å². The molecule has 1 heterocycles. The van der Waals surface area contributed by atoms with Crippen molar-refractivity contribution in [2.45, 2.75) is 12.3 Å². The first-order valence-electron chi connectivity index (χ1n) is 4.56. The fraction of sp³-hybridized carbons (Fsp3) is 0.167. The van der Waals surface area contributed by atoms with Crippen molar-refractivity contribution >= 4 is 34.3 Å². The van der Waals surface area contributed by atoms with E-state index in [1.807, 2.05) is 6.92 Å². The Labute approximate surface area is 93.0 Å². The van der Waals surface area contributed by atoms with Crippen molar-refractivity contribution in [2.75, 3.05) is 0 Å². The van der Waals surface area contributed by atoms with Gasteiger partial charge in [-0.1, -0.05) is 36.4 Å². The maximum absolute atomic E-state index is 6.15. The van der Waals surface area contributed by atoms with E-state index in [1.54, 1.807) is 11.8 Å². The molecule has 0 spiro atoms. The molecule has 2 rings (SSSR count). The third-order valence-corrected chi connectivity index (χ3v) is 3.61. The summed E-state index contributed by atoms with van der Waals surface area (Å²) in [4.78, 5) is 1.23. The summed E-state index contributed by atoms with van der Waals surface area (Å²) in [7, 11) is 0. The van der Waals surface area contributed by atoms with Crippen molar-refractivity contribution in [1.82, 2.24) is 0 Å². The van der Waals surface area contributed by atoms with Gasteiger partial charge >= 0.3 is 0 Å². The standard InChI is InChI=1S/C12H11ClS/c1-9(13)12-11-7-3-2-5-10(11)6-4-8-14-12/h2-9H,1H3. The monoisotopic (exact) mass is 222 g/mol. The highest BCUT2D eigenvalue weighted by Crippen LogP contribution is 2.24. The molecule has 0 fully saturated rings. The number of allylic oxidation sites excluding steroid dienone is 1. The normalized spacial score (nSPS) is 16.9. The molecule has 1 aromatic rings. The summed E-state index contributed by atoms with van der Waals surface area (Å²) in [5.74, 6) is 0. The Bertz CT molecular complexity index is 471. The van der Waals surface area contributed by atoms with Crippen molar-refractivity contribution in [3.63, 3.8) is 0 Å². The Morgan fingerprint density at radius 1 is 1.29 bits per heavy atom. The van der Waals surface area contributed by atoms with Gasteiger partial charge < -0.3 is 0 Å². The van der Waals surface area contributed by atoms with Gasteiger partial charge in [-0.15, -0.1) is 23.4 Å². The largest absolute Gasteiger partial charge is 0.118 e. The quantitative estimate of drug-likeness (QED) is 0.658. The molecule has 0 radical (unpaired) electrons. The molecule has 1 unspecified atom stereocenters. The molecule has 0 nitrogen and oxygen atoms in total. The van der Waals surface area contributed by atoms with Crippen molar-refractivity contribution in [3.8, 4) is 0 Å². The minimum atomic E-state index is 0.0669. The molecule has 0 bridgehead atoms. The van der Waals surface area contributed by atoms with E-state index < -0.39 is 0 Å². The number of rotatable bonds is 1. The van der Waals surface area contributed by atoms with E-state index in [4.69, 9.17) is 11.6 Å². The van der Waals surface area contributed by atoms with E-state index in [0.717, 1.165) is 0 Å². The second kappa shape index (κ2) is 4.24. The molecule has 0 amide bonds. The number of halogens is 1. The van der Waals surface area contributed by atoms with Crippen LogP contribution < -0.4 is 10.4 Å². The lowest BCUT2D eigenvalue weighted by Gasteiger charge is -2.05. The van der Waals surface area contributed by atoms with Crippen LogP contribution in [-0.4, -0.2) is 5.38 Å². The Balaban J connectivity index is 2.79. The molecule has 0 N–H and O–H groups in total. The first-order valence-corrected chi connectivity index (χ1v) is 5.87. The zero-order valence-corrected chi connectivity index (χ0v) is 9.48. The third-order valence-electron chi connectivity index (χ3n) is 2.14. The molecule has 0 aromatic heterocycles. The van der Waals surface area contributed by atoms with Crippen molar-refractivity contribution in [1.29, 1.82) is 0 Å². The molecule has 1 aliphatic heterocycles. The van der Waals surface area contributed by atoms with Gasteiger partial charge in [0.05, 0.1) is 5.38 Å². The average Bonchev–Trinajstić information content (AvgIpc) is 2.39. The van der Waals surface area contributed by atoms with Crippen LogP contribution in [0.5, 0.6) is 0 Å². The van der Waals surface area contributed by atoms with Crippen molar-refractivity contribution in [2.24, 2.45) is 0 Å². The van der Waals surface area contributed by atoms with Gasteiger partial charge in [0.1, 0.15) is 0 Å². The van der Waals surface area contributed by atoms with E-state index in [1.165, 1.54) is 15.3 Å². The second-order valence-corrected chi connectivity index (χ2v) is 4.78. The Morgan fingerprint density at radius 3 is 2.86 bits per heavy atom. The molecular weight excluding hydrogens is 212 g/mol. The van der Waals surface area contributed by atoms with Crippen LogP contribution in [0, 0.1) is 0 Å². The highest BCUT2D eigenvalue weighted by atomic mass is 35.5. The molecule has 0 aliphatic carbocycles. The van der Waals surface area contributed by atoms with E-state index in [9.17, 15) is 0 Å². The number of benzene rings is 1. The van der Waals surface area contributed by atoms with Crippen LogP contribution in [0.4, 0.5) is 0 Å². The molecule has 0 saturated heterocycles. The fourth-order valence-corrected chi connectivity index (χ4v) is 2.57. The SMILES string of the molecule is CC(Cl)C1=c2ccccc2=CC=CS1. The van der Waals surface area contributed by atoms with Gasteiger partial charge in [0.15, 0.2) is 0 Å². The summed E-state index contributed by atoms with van der Waals surface area (Å²) in [6.45, 7) is 2.01. The summed E-state index contributed by atoms with van der Waals surface area (Å²) in [6.07, 6.45) is 4.18. The Morgan fingerprint density at radius 2 is 2.07 bits per heavy atom. The van der Waals surface area contributed by atoms with Crippen LogP contribution in [0.3, 0.4) is 0 Å². The van der Waals surface area contributed by atoms with Crippen LogP contribution in [0.25, 0.3) is 11.0 Å². The van der Waals surface area contributed by atoms with E-state index in [-0.39, 0.29) is 5.38 Å². The van der Waals surface area contributed by atoms with Crippen molar-refractivity contribution < 1.29 is 0 Å². The van der Waals surface area contributed by atoms with Gasteiger partial charge in [-0.25, -0.2) is 0 Å². The minimum Gasteiger partial charge on any atom is -0.118 e. The van der Waals surface area contributed by atoms with Crippen LogP contribution in [0.2, 0.25) is 0 Å². The van der Waals surface area contributed by atoms with Crippen molar-refractivity contribution in [3.05, 3.63) is 46.2 Å². The molecule has 1 aliphatic rings. The second-order valence-electron chi connectivity index (χ2n) is 3.18. The van der Waals surface area contributed by atoms with Gasteiger partial charge in [0.2, 0.25) is 0 Å². The Kier molecular flexibility index (Phi) is 2.99. The van der Waals surface area contributed by atoms with Gasteiger partial charge in [-0.3, -0.25) is 0 Å². The molecule has 0 saturated carbocycles. The summed E-state index contributed by atoms with van der Waals surface area (Å²) >= 11 is 7.86. The number of thioether (sulfide) groups is 1. The minimum absolute atomic E-state index is 0.0669. The van der Waals surface area contributed by atoms with Gasteiger partial charge in [-0.05, 0) is 22.8 Å². The lowest BCUT2D eigenvalue weighted by Crippen LogP contribution is -2.26. The van der Waals surface area contributed by atoms with Gasteiger partial charge in [0.25, 0.3) is 0 Å². The molecule has 1 atom stereocenters. The highest BCUT2D eigenvalue weighted by molar-refractivity contribution is 8.10. The van der Waals surface area contributed by atoms with E-state index in [0.29, 0.717) is 0 Å². The molecule has 1 aromatic carbocycles. The average molecular weight is 223 g/mol. The summed E-state index contributed by atoms with van der Waals surface area (Å²) < 4.78 is 0. The molecule has 72 valence electrons. The maximum atomic E-state index is 6.15. The number of hydrogen-bond acceptors (Lipinski definition) is 1. The number of hydrogen-bond donors (Lipinski definition) is 0. The predicted octanol–water partition coefficient (Wildman–Crippen LogP) is 2.46. The first-order chi connectivity index (χ1) is 6.79. The van der Waals surface area contributed by atoms with E-state index >= 15 is 0 Å². The summed E-state index contributed by atoms with van der Waals surface area (Å²) in [5, 5.41) is 4.65. The number of alkyl halides is 1. The highest BCUT2D eigenvalue weighted by Gasteiger charge is 2.07. The third kappa shape index (κ3) is 1.89. The number of fused-ring (bicyclic) bond motifs is 1. The topological polar surface area (TPSA) is 0 Å². The maximum Gasteiger partial charge on any atom is 0.0625 e. The fourth-order valence-electron chi connectivity index (χ4n) is 1.49. The first kappa shape index (κ1) is 9.88.